The number of fused-ring (bicyclic) bond motifs is 1. The first kappa shape index (κ1) is 26.2. The normalized spacial score (nSPS) is 14.1. The molecular formula is C23H24ClF3N6O2. The van der Waals surface area contributed by atoms with Crippen molar-refractivity contribution in [3.63, 3.8) is 0 Å². The average molecular weight is 509 g/mol. The maximum absolute atomic E-state index is 13.2. The molecule has 0 amide bonds. The highest BCUT2D eigenvalue weighted by Crippen LogP contribution is 2.22. The van der Waals surface area contributed by atoms with Crippen molar-refractivity contribution in [3.05, 3.63) is 69.8 Å². The lowest BCUT2D eigenvalue weighted by atomic mass is 9.98. The Morgan fingerprint density at radius 1 is 1.26 bits per heavy atom. The maximum atomic E-state index is 13.2. The number of hydrogen-bond donors (Lipinski definition) is 3. The summed E-state index contributed by atoms with van der Waals surface area (Å²) in [5, 5.41) is 21.1. The molecule has 1 unspecified atom stereocenters. The molecule has 2 aromatic heterocycles. The summed E-state index contributed by atoms with van der Waals surface area (Å²) in [6.07, 6.45) is -5.86. The number of carbonyl (C=O) groups is 1. The monoisotopic (exact) mass is 508 g/mol. The highest BCUT2D eigenvalue weighted by atomic mass is 35.5. The topological polar surface area (TPSA) is 118 Å². The second-order valence-corrected chi connectivity index (χ2v) is 8.39. The Labute approximate surface area is 204 Å². The number of halogens is 4. The molecule has 0 radical (unpaired) electrons. The van der Waals surface area contributed by atoms with Crippen LogP contribution in [0.4, 0.5) is 18.9 Å². The highest BCUT2D eigenvalue weighted by Gasteiger charge is 2.38. The Bertz CT molecular complexity index is 1300. The van der Waals surface area contributed by atoms with Crippen LogP contribution in [0.2, 0.25) is 5.02 Å². The summed E-state index contributed by atoms with van der Waals surface area (Å²) < 4.78 is 40.4. The van der Waals surface area contributed by atoms with Crippen molar-refractivity contribution >= 4 is 34.4 Å². The Morgan fingerprint density at radius 2 is 1.91 bits per heavy atom. The average Bonchev–Trinajstić information content (AvgIpc) is 3.16. The van der Waals surface area contributed by atoms with Gasteiger partial charge in [-0.3, -0.25) is 14.2 Å². The standard InChI is InChI=1S/C23H24ClF3N6O2/c1-12-8-17(11-33-14(3)31-32-22(12)33)29-9-18(13(2)28)20(30-10-19(34)23(25,26)27)21(35)15-4-6-16(24)7-5-15/h4-8,11,19,29,34H,9-10,28H2,1-3H3. The molecule has 35 heavy (non-hydrogen) atoms. The van der Waals surface area contributed by atoms with E-state index in [9.17, 15) is 23.1 Å². The zero-order chi connectivity index (χ0) is 25.9. The third-order valence-corrected chi connectivity index (χ3v) is 5.46. The van der Waals surface area contributed by atoms with E-state index in [2.05, 4.69) is 20.5 Å². The van der Waals surface area contributed by atoms with Crippen LogP contribution in [0.3, 0.4) is 0 Å². The molecule has 2 heterocycles. The van der Waals surface area contributed by atoms with Gasteiger partial charge in [0.05, 0.1) is 12.2 Å². The predicted molar refractivity (Wildman–Crippen MR) is 128 cm³/mol. The lowest BCUT2D eigenvalue weighted by Gasteiger charge is -2.17. The molecule has 12 heteroatoms. The Balaban J connectivity index is 1.96. The minimum atomic E-state index is -4.89. The number of ketones is 1. The van der Waals surface area contributed by atoms with E-state index < -0.39 is 24.6 Å². The number of aliphatic hydroxyl groups is 1. The number of Topliss-reactive ketones (excluding diaryl/α,β-unsaturated/α-hetero) is 1. The molecule has 0 fully saturated rings. The van der Waals surface area contributed by atoms with E-state index in [0.29, 0.717) is 22.2 Å². The second-order valence-electron chi connectivity index (χ2n) is 7.95. The highest BCUT2D eigenvalue weighted by molar-refractivity contribution is 6.51. The number of allylic oxidation sites excluding steroid dienone is 1. The van der Waals surface area contributed by atoms with Gasteiger partial charge < -0.3 is 16.2 Å². The first-order valence-electron chi connectivity index (χ1n) is 10.5. The van der Waals surface area contributed by atoms with Gasteiger partial charge in [0.2, 0.25) is 5.78 Å². The maximum Gasteiger partial charge on any atom is 0.416 e. The van der Waals surface area contributed by atoms with Crippen molar-refractivity contribution in [3.8, 4) is 0 Å². The van der Waals surface area contributed by atoms with Crippen LogP contribution in [0.5, 0.6) is 0 Å². The van der Waals surface area contributed by atoms with Crippen LogP contribution < -0.4 is 11.1 Å². The molecule has 0 aliphatic rings. The minimum absolute atomic E-state index is 0.0191. The van der Waals surface area contributed by atoms with Gasteiger partial charge in [0.1, 0.15) is 11.5 Å². The van der Waals surface area contributed by atoms with Crippen molar-refractivity contribution in [1.29, 1.82) is 0 Å². The van der Waals surface area contributed by atoms with Gasteiger partial charge in [0.25, 0.3) is 0 Å². The van der Waals surface area contributed by atoms with Crippen molar-refractivity contribution in [2.24, 2.45) is 10.7 Å². The number of nitrogens with zero attached hydrogens (tertiary/aromatic N) is 4. The van der Waals surface area contributed by atoms with Gasteiger partial charge >= 0.3 is 6.18 Å². The second kappa shape index (κ2) is 10.4. The van der Waals surface area contributed by atoms with Crippen LogP contribution in [0.1, 0.15) is 28.7 Å². The van der Waals surface area contributed by atoms with Gasteiger partial charge in [-0.15, -0.1) is 10.2 Å². The lowest BCUT2D eigenvalue weighted by molar-refractivity contribution is -0.199. The fourth-order valence-electron chi connectivity index (χ4n) is 3.29. The van der Waals surface area contributed by atoms with E-state index in [-0.39, 0.29) is 29.1 Å². The van der Waals surface area contributed by atoms with E-state index in [1.54, 1.807) is 17.5 Å². The molecule has 0 spiro atoms. The molecule has 0 saturated heterocycles. The number of nitrogens with one attached hydrogen (secondary N) is 1. The van der Waals surface area contributed by atoms with Crippen molar-refractivity contribution in [2.45, 2.75) is 33.1 Å². The van der Waals surface area contributed by atoms with Gasteiger partial charge in [-0.1, -0.05) is 11.6 Å². The number of carbonyl (C=O) groups excluding carboxylic acids is 1. The number of hydrogen-bond acceptors (Lipinski definition) is 7. The van der Waals surface area contributed by atoms with E-state index in [1.807, 2.05) is 13.0 Å². The zero-order valence-corrected chi connectivity index (χ0v) is 19.9. The minimum Gasteiger partial charge on any atom is -0.402 e. The zero-order valence-electron chi connectivity index (χ0n) is 19.2. The van der Waals surface area contributed by atoms with Crippen LogP contribution in [0, 0.1) is 13.8 Å². The van der Waals surface area contributed by atoms with Crippen LogP contribution in [-0.4, -0.2) is 56.6 Å². The third-order valence-electron chi connectivity index (χ3n) is 5.21. The molecule has 0 aliphatic carbocycles. The number of anilines is 1. The van der Waals surface area contributed by atoms with Gasteiger partial charge in [0.15, 0.2) is 11.8 Å². The number of aryl methyl sites for hydroxylation is 2. The molecule has 1 aromatic carbocycles. The SMILES string of the molecule is CC(N)=C(CNc1cc(C)c2nnc(C)n2c1)C(=NCC(O)C(F)(F)F)C(=O)c1ccc(Cl)cc1. The van der Waals surface area contributed by atoms with Crippen molar-refractivity contribution < 1.29 is 23.1 Å². The fraction of sp³-hybridized carbons (Fsp3) is 0.304. The number of nitrogens with two attached hydrogens (primary N) is 1. The summed E-state index contributed by atoms with van der Waals surface area (Å²) in [6.45, 7) is 4.09. The number of benzene rings is 1. The molecule has 8 nitrogen and oxygen atoms in total. The Kier molecular flexibility index (Phi) is 7.81. The van der Waals surface area contributed by atoms with Gasteiger partial charge in [0, 0.05) is 34.6 Å². The van der Waals surface area contributed by atoms with Gasteiger partial charge in [-0.2, -0.15) is 13.2 Å². The first-order valence-corrected chi connectivity index (χ1v) is 10.9. The predicted octanol–water partition coefficient (Wildman–Crippen LogP) is 3.89. The summed E-state index contributed by atoms with van der Waals surface area (Å²) in [6, 6.07) is 7.64. The fourth-order valence-corrected chi connectivity index (χ4v) is 3.41. The van der Waals surface area contributed by atoms with Gasteiger partial charge in [-0.25, -0.2) is 0 Å². The number of alkyl halides is 3. The van der Waals surface area contributed by atoms with Crippen LogP contribution in [0.25, 0.3) is 5.65 Å². The smallest absolute Gasteiger partial charge is 0.402 e. The molecule has 0 aliphatic heterocycles. The molecule has 186 valence electrons. The summed E-state index contributed by atoms with van der Waals surface area (Å²) in [5.74, 6) is 0.0118. The molecule has 3 rings (SSSR count). The van der Waals surface area contributed by atoms with Gasteiger partial charge in [-0.05, 0) is 56.7 Å². The number of aliphatic imine (C=N–C) groups is 1. The van der Waals surface area contributed by atoms with E-state index >= 15 is 0 Å². The molecule has 1 atom stereocenters. The number of rotatable bonds is 8. The molecule has 3 aromatic rings. The Hall–Kier alpha value is -3.44. The molecule has 4 N–H and O–H groups in total. The number of aliphatic hydroxyl groups excluding tert-OH is 1. The first-order chi connectivity index (χ1) is 16.4. The van der Waals surface area contributed by atoms with Crippen LogP contribution in [0.15, 0.2) is 52.8 Å². The third kappa shape index (κ3) is 6.17. The van der Waals surface area contributed by atoms with E-state index in [0.717, 1.165) is 5.56 Å². The van der Waals surface area contributed by atoms with Crippen LogP contribution >= 0.6 is 11.6 Å². The Morgan fingerprint density at radius 3 is 2.51 bits per heavy atom. The summed E-state index contributed by atoms with van der Waals surface area (Å²) in [7, 11) is 0. The summed E-state index contributed by atoms with van der Waals surface area (Å²) >= 11 is 5.89. The molecular weight excluding hydrogens is 485 g/mol. The van der Waals surface area contributed by atoms with E-state index in [4.69, 9.17) is 17.3 Å². The van der Waals surface area contributed by atoms with Crippen molar-refractivity contribution in [1.82, 2.24) is 14.6 Å². The quantitative estimate of drug-likeness (QED) is 0.314. The largest absolute Gasteiger partial charge is 0.416 e. The van der Waals surface area contributed by atoms with Crippen molar-refractivity contribution in [2.75, 3.05) is 18.4 Å². The summed E-state index contributed by atoms with van der Waals surface area (Å²) in [5.41, 5.74) is 8.44. The lowest BCUT2D eigenvalue weighted by Crippen LogP contribution is -2.33. The number of aromatic nitrogens is 3. The molecule has 0 bridgehead atoms. The van der Waals surface area contributed by atoms with E-state index in [1.165, 1.54) is 31.2 Å². The summed E-state index contributed by atoms with van der Waals surface area (Å²) in [4.78, 5) is 17.1. The van der Waals surface area contributed by atoms with Crippen LogP contribution in [-0.2, 0) is 0 Å². The number of pyridine rings is 1. The molecule has 0 saturated carbocycles.